The zero-order chi connectivity index (χ0) is 18.0. The topological polar surface area (TPSA) is 43.9 Å². The van der Waals surface area contributed by atoms with Gasteiger partial charge in [-0.1, -0.05) is 26.0 Å². The van der Waals surface area contributed by atoms with Crippen LogP contribution in [0, 0.1) is 5.92 Å². The fourth-order valence-corrected chi connectivity index (χ4v) is 4.12. The van der Waals surface area contributed by atoms with E-state index in [1.165, 1.54) is 0 Å². The first-order valence-corrected chi connectivity index (χ1v) is 9.44. The maximum atomic E-state index is 13.4. The lowest BCUT2D eigenvalue weighted by Crippen LogP contribution is -2.49. The van der Waals surface area contributed by atoms with Crippen LogP contribution in [0.4, 0.5) is 11.4 Å². The molecule has 1 aromatic carbocycles. The molecule has 2 amide bonds. The molecule has 136 valence electrons. The van der Waals surface area contributed by atoms with Crippen molar-refractivity contribution in [2.75, 3.05) is 36.5 Å². The van der Waals surface area contributed by atoms with Gasteiger partial charge in [0, 0.05) is 33.1 Å². The first-order valence-electron chi connectivity index (χ1n) is 9.44. The van der Waals surface area contributed by atoms with Crippen molar-refractivity contribution in [3.8, 4) is 0 Å². The summed E-state index contributed by atoms with van der Waals surface area (Å²) in [6.45, 7) is 6.52. The van der Waals surface area contributed by atoms with Crippen LogP contribution in [0.5, 0.6) is 0 Å². The van der Waals surface area contributed by atoms with Gasteiger partial charge in [-0.3, -0.25) is 9.59 Å². The lowest BCUT2D eigenvalue weighted by Gasteiger charge is -2.31. The van der Waals surface area contributed by atoms with Crippen LogP contribution in [0.1, 0.15) is 39.5 Å². The van der Waals surface area contributed by atoms with Gasteiger partial charge in [0.15, 0.2) is 0 Å². The van der Waals surface area contributed by atoms with Crippen molar-refractivity contribution in [1.82, 2.24) is 4.90 Å². The van der Waals surface area contributed by atoms with E-state index in [2.05, 4.69) is 24.9 Å². The molecule has 2 heterocycles. The number of carbonyl (C=O) groups excluding carboxylic acids is 2. The van der Waals surface area contributed by atoms with E-state index in [-0.39, 0.29) is 17.9 Å². The molecule has 2 aliphatic rings. The van der Waals surface area contributed by atoms with Crippen LogP contribution < -0.4 is 9.80 Å². The maximum Gasteiger partial charge on any atom is 0.249 e. The summed E-state index contributed by atoms with van der Waals surface area (Å²) in [6.07, 6.45) is 3.04. The second-order valence-corrected chi connectivity index (χ2v) is 7.42. The zero-order valence-electron chi connectivity index (χ0n) is 15.6. The molecule has 0 N–H and O–H groups in total. The van der Waals surface area contributed by atoms with Gasteiger partial charge in [-0.2, -0.15) is 0 Å². The summed E-state index contributed by atoms with van der Waals surface area (Å²) >= 11 is 0. The monoisotopic (exact) mass is 343 g/mol. The quantitative estimate of drug-likeness (QED) is 0.848. The molecule has 1 fully saturated rings. The number of amides is 2. The number of nitrogens with zero attached hydrogens (tertiary/aromatic N) is 3. The Morgan fingerprint density at radius 2 is 1.88 bits per heavy atom. The van der Waals surface area contributed by atoms with Crippen LogP contribution in [0.3, 0.4) is 0 Å². The van der Waals surface area contributed by atoms with Gasteiger partial charge >= 0.3 is 0 Å². The van der Waals surface area contributed by atoms with Crippen molar-refractivity contribution in [3.63, 3.8) is 0 Å². The second kappa shape index (κ2) is 7.46. The van der Waals surface area contributed by atoms with E-state index >= 15 is 0 Å². The van der Waals surface area contributed by atoms with Gasteiger partial charge in [-0.05, 0) is 37.3 Å². The van der Waals surface area contributed by atoms with Crippen LogP contribution in [-0.4, -0.2) is 49.4 Å². The van der Waals surface area contributed by atoms with E-state index in [0.29, 0.717) is 25.4 Å². The van der Waals surface area contributed by atoms with Gasteiger partial charge in [0.05, 0.1) is 11.4 Å². The Morgan fingerprint density at radius 1 is 1.16 bits per heavy atom. The molecule has 1 saturated heterocycles. The molecule has 25 heavy (non-hydrogen) atoms. The Kier molecular flexibility index (Phi) is 5.30. The average molecular weight is 343 g/mol. The minimum atomic E-state index is -0.303. The van der Waals surface area contributed by atoms with Crippen molar-refractivity contribution >= 4 is 23.2 Å². The number of carbonyl (C=O) groups is 2. The molecule has 0 aromatic heterocycles. The third-order valence-electron chi connectivity index (χ3n) is 5.25. The molecule has 1 aromatic rings. The van der Waals surface area contributed by atoms with Crippen LogP contribution in [0.2, 0.25) is 0 Å². The summed E-state index contributed by atoms with van der Waals surface area (Å²) in [7, 11) is 2.08. The normalized spacial score (nSPS) is 23.4. The first kappa shape index (κ1) is 17.8. The summed E-state index contributed by atoms with van der Waals surface area (Å²) in [5, 5.41) is 0. The number of anilines is 2. The third-order valence-corrected chi connectivity index (χ3v) is 5.25. The van der Waals surface area contributed by atoms with E-state index < -0.39 is 0 Å². The molecule has 5 nitrogen and oxygen atoms in total. The summed E-state index contributed by atoms with van der Waals surface area (Å²) < 4.78 is 0. The number of hydrogen-bond donors (Lipinski definition) is 0. The minimum Gasteiger partial charge on any atom is -0.373 e. The number of rotatable bonds is 3. The standard InChI is InChI=1S/C20H29N3O2/c1-4-8-19(24)22-12-7-11-18(22)20(25)23-14-15(2)13-21(3)16-9-5-6-10-17(16)23/h5-6,9-10,15,18H,4,7-8,11-14H2,1-3H3. The fraction of sp³-hybridized carbons (Fsp3) is 0.600. The average Bonchev–Trinajstić information content (AvgIpc) is 3.04. The highest BCUT2D eigenvalue weighted by atomic mass is 16.2. The van der Waals surface area contributed by atoms with Crippen LogP contribution >= 0.6 is 0 Å². The minimum absolute atomic E-state index is 0.0801. The van der Waals surface area contributed by atoms with E-state index in [4.69, 9.17) is 0 Å². The summed E-state index contributed by atoms with van der Waals surface area (Å²) in [5.41, 5.74) is 2.05. The predicted octanol–water partition coefficient (Wildman–Crippen LogP) is 2.90. The molecule has 0 bridgehead atoms. The van der Waals surface area contributed by atoms with Gasteiger partial charge in [0.2, 0.25) is 11.8 Å². The lowest BCUT2D eigenvalue weighted by atomic mass is 10.1. The Balaban J connectivity index is 1.90. The largest absolute Gasteiger partial charge is 0.373 e. The lowest BCUT2D eigenvalue weighted by molar-refractivity contribution is -0.137. The van der Waals surface area contributed by atoms with Gasteiger partial charge in [0.1, 0.15) is 6.04 Å². The van der Waals surface area contributed by atoms with Crippen molar-refractivity contribution in [1.29, 1.82) is 0 Å². The van der Waals surface area contributed by atoms with Crippen LogP contribution in [-0.2, 0) is 9.59 Å². The van der Waals surface area contributed by atoms with Crippen molar-refractivity contribution in [3.05, 3.63) is 24.3 Å². The van der Waals surface area contributed by atoms with E-state index in [9.17, 15) is 9.59 Å². The van der Waals surface area contributed by atoms with Gasteiger partial charge < -0.3 is 14.7 Å². The molecular weight excluding hydrogens is 314 g/mol. The van der Waals surface area contributed by atoms with E-state index in [1.54, 1.807) is 0 Å². The van der Waals surface area contributed by atoms with Crippen LogP contribution in [0.25, 0.3) is 0 Å². The molecule has 3 rings (SSSR count). The van der Waals surface area contributed by atoms with Gasteiger partial charge in [-0.15, -0.1) is 0 Å². The smallest absolute Gasteiger partial charge is 0.249 e. The fourth-order valence-electron chi connectivity index (χ4n) is 4.12. The van der Waals surface area contributed by atoms with Gasteiger partial charge in [-0.25, -0.2) is 0 Å². The number of hydrogen-bond acceptors (Lipinski definition) is 3. The highest BCUT2D eigenvalue weighted by Gasteiger charge is 2.38. The number of likely N-dealkylation sites (tertiary alicyclic amines) is 1. The highest BCUT2D eigenvalue weighted by molar-refractivity contribution is 6.02. The zero-order valence-corrected chi connectivity index (χ0v) is 15.6. The van der Waals surface area contributed by atoms with E-state index in [0.717, 1.165) is 37.2 Å². The van der Waals surface area contributed by atoms with Gasteiger partial charge in [0.25, 0.3) is 0 Å². The first-order chi connectivity index (χ1) is 12.0. The van der Waals surface area contributed by atoms with Crippen molar-refractivity contribution in [2.24, 2.45) is 5.92 Å². The molecular formula is C20H29N3O2. The maximum absolute atomic E-state index is 13.4. The number of fused-ring (bicyclic) bond motifs is 1. The third kappa shape index (κ3) is 3.51. The number of para-hydroxylation sites is 2. The molecule has 5 heteroatoms. The summed E-state index contributed by atoms with van der Waals surface area (Å²) in [4.78, 5) is 31.8. The summed E-state index contributed by atoms with van der Waals surface area (Å²) in [6, 6.07) is 7.79. The SMILES string of the molecule is CCCC(=O)N1CCCC1C(=O)N1CC(C)CN(C)c2ccccc21. The molecule has 0 spiro atoms. The molecule has 2 unspecified atom stereocenters. The highest BCUT2D eigenvalue weighted by Crippen LogP contribution is 2.34. The Bertz CT molecular complexity index is 646. The molecule has 0 saturated carbocycles. The molecule has 0 aliphatic carbocycles. The predicted molar refractivity (Wildman–Crippen MR) is 101 cm³/mol. The van der Waals surface area contributed by atoms with Crippen molar-refractivity contribution in [2.45, 2.75) is 45.6 Å². The second-order valence-electron chi connectivity index (χ2n) is 7.42. The summed E-state index contributed by atoms with van der Waals surface area (Å²) in [5.74, 6) is 0.575. The number of benzene rings is 1. The van der Waals surface area contributed by atoms with Crippen molar-refractivity contribution < 1.29 is 9.59 Å². The van der Waals surface area contributed by atoms with Crippen LogP contribution in [0.15, 0.2) is 24.3 Å². The van der Waals surface area contributed by atoms with E-state index in [1.807, 2.05) is 34.9 Å². The molecule has 0 radical (unpaired) electrons. The Labute approximate surface area is 150 Å². The molecule has 2 aliphatic heterocycles. The Hall–Kier alpha value is -2.04. The molecule has 2 atom stereocenters. The Morgan fingerprint density at radius 3 is 2.60 bits per heavy atom.